The van der Waals surface area contributed by atoms with Gasteiger partial charge in [-0.15, -0.1) is 11.0 Å². The summed E-state index contributed by atoms with van der Waals surface area (Å²) in [6.45, 7) is 9.61. The average molecular weight is 669 g/mol. The molecule has 0 radical (unpaired) electrons. The van der Waals surface area contributed by atoms with E-state index in [1.165, 1.54) is 12.8 Å². The number of fused-ring (bicyclic) bond motifs is 3. The van der Waals surface area contributed by atoms with Gasteiger partial charge in [-0.1, -0.05) is 81.2 Å². The molecule has 6 rings (SSSR count). The molecule has 1 aromatic carbocycles. The molecule has 252 valence electrons. The first-order valence-corrected chi connectivity index (χ1v) is 17.6. The fourth-order valence-corrected chi connectivity index (χ4v) is 8.51. The molecule has 0 amide bonds. The van der Waals surface area contributed by atoms with E-state index in [4.69, 9.17) is 9.72 Å². The Kier molecular flexibility index (Phi) is 10.5. The van der Waals surface area contributed by atoms with Crippen molar-refractivity contribution in [3.05, 3.63) is 72.3 Å². The van der Waals surface area contributed by atoms with E-state index in [9.17, 15) is 4.53 Å². The SMILES string of the molecule is C=C1N(C)c2cnc3c(c(-c4ccc(/C=C\COC)cc4)c(C4CN(C)N=C4OF)n3SC(/C=C\C#CC)CCC)c2N1C1CCCC1. The highest BCUT2D eigenvalue weighted by atomic mass is 32.2. The Labute approximate surface area is 288 Å². The lowest BCUT2D eigenvalue weighted by Gasteiger charge is -2.28. The molecule has 2 atom stereocenters. The maximum absolute atomic E-state index is 14.3. The van der Waals surface area contributed by atoms with E-state index in [-0.39, 0.29) is 11.1 Å². The van der Waals surface area contributed by atoms with Crippen LogP contribution in [0.1, 0.15) is 69.5 Å². The largest absolute Gasteiger partial charge is 0.381 e. The van der Waals surface area contributed by atoms with Crippen LogP contribution in [0.4, 0.5) is 15.9 Å². The second-order valence-electron chi connectivity index (χ2n) is 12.6. The minimum Gasteiger partial charge on any atom is -0.381 e. The van der Waals surface area contributed by atoms with Crippen molar-refractivity contribution in [1.29, 1.82) is 0 Å². The van der Waals surface area contributed by atoms with Crippen molar-refractivity contribution in [3.63, 3.8) is 0 Å². The number of anilines is 2. The fraction of sp³-hybridized carbons (Fsp3) is 0.421. The summed E-state index contributed by atoms with van der Waals surface area (Å²) in [4.78, 5) is 14.3. The molecular formula is C38H45FN6O2S. The Morgan fingerprint density at radius 1 is 1.19 bits per heavy atom. The van der Waals surface area contributed by atoms with Gasteiger partial charge in [0.25, 0.3) is 5.90 Å². The summed E-state index contributed by atoms with van der Waals surface area (Å²) >= 11 is 1.70. The molecule has 3 aliphatic rings. The second-order valence-corrected chi connectivity index (χ2v) is 13.8. The van der Waals surface area contributed by atoms with Gasteiger partial charge in [-0.3, -0.25) is 13.9 Å². The van der Waals surface area contributed by atoms with Crippen molar-refractivity contribution in [2.75, 3.05) is 44.2 Å². The summed E-state index contributed by atoms with van der Waals surface area (Å²) in [6, 6.07) is 8.88. The number of aromatic nitrogens is 2. The first kappa shape index (κ1) is 33.7. The van der Waals surface area contributed by atoms with E-state index in [0.29, 0.717) is 19.2 Å². The Balaban J connectivity index is 1.66. The number of pyridine rings is 1. The molecule has 0 bridgehead atoms. The molecule has 48 heavy (non-hydrogen) atoms. The van der Waals surface area contributed by atoms with E-state index in [0.717, 1.165) is 76.3 Å². The average Bonchev–Trinajstić information content (AvgIpc) is 3.87. The summed E-state index contributed by atoms with van der Waals surface area (Å²) in [5.41, 5.74) is 7.00. The molecule has 0 N–H and O–H groups in total. The number of methoxy groups -OCH3 is 1. The van der Waals surface area contributed by atoms with Crippen molar-refractivity contribution in [2.24, 2.45) is 5.10 Å². The third-order valence-electron chi connectivity index (χ3n) is 9.44. The van der Waals surface area contributed by atoms with Crippen LogP contribution in [0.3, 0.4) is 0 Å². The Hall–Kier alpha value is -4.20. The van der Waals surface area contributed by atoms with E-state index in [1.807, 2.05) is 32.3 Å². The molecule has 4 heterocycles. The Morgan fingerprint density at radius 2 is 1.96 bits per heavy atom. The van der Waals surface area contributed by atoms with Crippen molar-refractivity contribution in [2.45, 2.75) is 69.6 Å². The van der Waals surface area contributed by atoms with Crippen molar-refractivity contribution < 1.29 is 14.2 Å². The normalized spacial score (nSPS) is 18.8. The number of nitrogens with zero attached hydrogens (tertiary/aromatic N) is 6. The number of likely N-dealkylation sites (N-methyl/N-ethyl adjacent to an activating group) is 1. The molecule has 2 unspecified atom stereocenters. The highest BCUT2D eigenvalue weighted by Crippen LogP contribution is 2.53. The summed E-state index contributed by atoms with van der Waals surface area (Å²) in [7, 11) is 5.61. The van der Waals surface area contributed by atoms with E-state index >= 15 is 0 Å². The Morgan fingerprint density at radius 3 is 2.65 bits per heavy atom. The van der Waals surface area contributed by atoms with Gasteiger partial charge in [-0.25, -0.2) is 4.98 Å². The predicted molar refractivity (Wildman–Crippen MR) is 198 cm³/mol. The lowest BCUT2D eigenvalue weighted by atomic mass is 9.93. The van der Waals surface area contributed by atoms with Crippen LogP contribution in [0.25, 0.3) is 28.2 Å². The van der Waals surface area contributed by atoms with E-state index in [1.54, 1.807) is 24.1 Å². The minimum absolute atomic E-state index is 0.0489. The van der Waals surface area contributed by atoms with Crippen LogP contribution in [0.5, 0.6) is 0 Å². The van der Waals surface area contributed by atoms with Gasteiger partial charge >= 0.3 is 0 Å². The number of allylic oxidation sites excluding steroid dienone is 1. The highest BCUT2D eigenvalue weighted by molar-refractivity contribution is 7.98. The third-order valence-corrected chi connectivity index (χ3v) is 10.7. The zero-order chi connectivity index (χ0) is 33.8. The minimum atomic E-state index is -0.461. The van der Waals surface area contributed by atoms with Crippen LogP contribution in [-0.4, -0.2) is 65.5 Å². The molecule has 1 fully saturated rings. The zero-order valence-electron chi connectivity index (χ0n) is 28.6. The number of benzene rings is 1. The van der Waals surface area contributed by atoms with Crippen LogP contribution in [0, 0.1) is 11.8 Å². The molecule has 1 aliphatic carbocycles. The van der Waals surface area contributed by atoms with Gasteiger partial charge in [0.2, 0.25) is 0 Å². The summed E-state index contributed by atoms with van der Waals surface area (Å²) in [5, 5.41) is 7.33. The maximum atomic E-state index is 14.3. The summed E-state index contributed by atoms with van der Waals surface area (Å²) in [6.07, 6.45) is 16.7. The standard InChI is InChI=1S/C38H45FN6O2S/c1-7-9-10-18-30(14-8-2)48-45-35(31-25-42(4)41-38(31)47-39)33(28-21-19-27(20-22-28)15-13-23-46-6)34-36-32(24-40-37(34)45)43(5)26(3)44(36)29-16-11-12-17-29/h10,13,15,18-22,24,29-31H,3,8,11-12,14,16-17,23,25H2,1-2,4-6H3/b15-13-,18-10-. The smallest absolute Gasteiger partial charge is 0.266 e. The van der Waals surface area contributed by atoms with Crippen molar-refractivity contribution in [3.8, 4) is 23.0 Å². The first-order valence-electron chi connectivity index (χ1n) is 16.8. The van der Waals surface area contributed by atoms with Gasteiger partial charge in [0.15, 0.2) is 5.65 Å². The molecule has 2 aromatic heterocycles. The van der Waals surface area contributed by atoms with Gasteiger partial charge in [-0.2, -0.15) is 0 Å². The molecule has 1 saturated carbocycles. The predicted octanol–water partition coefficient (Wildman–Crippen LogP) is 8.52. The van der Waals surface area contributed by atoms with Gasteiger partial charge in [0, 0.05) is 42.6 Å². The number of halogens is 1. The van der Waals surface area contributed by atoms with Crippen LogP contribution in [0.2, 0.25) is 0 Å². The van der Waals surface area contributed by atoms with Gasteiger partial charge < -0.3 is 14.5 Å². The highest BCUT2D eigenvalue weighted by Gasteiger charge is 2.42. The molecule has 0 spiro atoms. The van der Waals surface area contributed by atoms with Gasteiger partial charge in [0.1, 0.15) is 11.7 Å². The number of ether oxygens (including phenoxy) is 1. The molecule has 10 heteroatoms. The van der Waals surface area contributed by atoms with Gasteiger partial charge in [0.05, 0.1) is 41.8 Å². The van der Waals surface area contributed by atoms with E-state index < -0.39 is 5.92 Å². The maximum Gasteiger partial charge on any atom is 0.266 e. The molecule has 8 nitrogen and oxygen atoms in total. The summed E-state index contributed by atoms with van der Waals surface area (Å²) in [5.74, 6) is 6.60. The van der Waals surface area contributed by atoms with Crippen LogP contribution in [-0.2, 0) is 9.68 Å². The molecule has 2 aliphatic heterocycles. The number of rotatable bonds is 11. The molecule has 3 aromatic rings. The van der Waals surface area contributed by atoms with Gasteiger partial charge in [-0.05, 0) is 55.3 Å². The second kappa shape index (κ2) is 14.9. The number of hydrazone groups is 1. The third kappa shape index (κ3) is 6.34. The van der Waals surface area contributed by atoms with Crippen LogP contribution in [0.15, 0.2) is 66.2 Å². The monoisotopic (exact) mass is 668 g/mol. The topological polar surface area (TPSA) is 58.4 Å². The number of hydrogen-bond acceptors (Lipinski definition) is 8. The van der Waals surface area contributed by atoms with Crippen molar-refractivity contribution >= 4 is 46.3 Å². The summed E-state index contributed by atoms with van der Waals surface area (Å²) < 4.78 is 21.8. The molecule has 0 saturated heterocycles. The van der Waals surface area contributed by atoms with Crippen LogP contribution >= 0.6 is 11.9 Å². The zero-order valence-corrected chi connectivity index (χ0v) is 29.4. The van der Waals surface area contributed by atoms with E-state index in [2.05, 4.69) is 92.6 Å². The lowest BCUT2D eigenvalue weighted by molar-refractivity contribution is -0.0278. The number of hydrogen-bond donors (Lipinski definition) is 0. The van der Waals surface area contributed by atoms with Crippen molar-refractivity contribution in [1.82, 2.24) is 14.0 Å². The quantitative estimate of drug-likeness (QED) is 0.190. The fourth-order valence-electron chi connectivity index (χ4n) is 7.18. The van der Waals surface area contributed by atoms with Crippen LogP contribution < -0.4 is 9.80 Å². The first-order chi connectivity index (χ1) is 23.4. The molecular weight excluding hydrogens is 624 g/mol. The Bertz CT molecular complexity index is 1800. The lowest BCUT2D eigenvalue weighted by Crippen LogP contribution is -2.33.